The molecule has 0 bridgehead atoms. The van der Waals surface area contributed by atoms with Gasteiger partial charge in [-0.05, 0) is 69.7 Å². The Morgan fingerprint density at radius 3 is 2.49 bits per heavy atom. The van der Waals surface area contributed by atoms with Gasteiger partial charge in [0.05, 0.1) is 21.4 Å². The molecule has 0 saturated carbocycles. The zero-order chi connectivity index (χ0) is 25.3. The van der Waals surface area contributed by atoms with E-state index in [0.29, 0.717) is 35.4 Å². The number of esters is 1. The lowest BCUT2D eigenvalue weighted by Crippen LogP contribution is -2.31. The molecule has 1 aliphatic rings. The third kappa shape index (κ3) is 5.25. The quantitative estimate of drug-likeness (QED) is 0.477. The van der Waals surface area contributed by atoms with Crippen molar-refractivity contribution in [1.82, 2.24) is 14.3 Å². The summed E-state index contributed by atoms with van der Waals surface area (Å²) in [6.45, 7) is 5.50. The molecule has 2 aromatic carbocycles. The second-order valence-corrected chi connectivity index (χ2v) is 10.4. The van der Waals surface area contributed by atoms with Crippen LogP contribution in [0.4, 0.5) is 5.69 Å². The molecule has 10 nitrogen and oxygen atoms in total. The zero-order valence-corrected chi connectivity index (χ0v) is 20.4. The van der Waals surface area contributed by atoms with E-state index >= 15 is 0 Å². The number of carbonyl (C=O) groups is 2. The number of ether oxygens (including phenoxy) is 1. The molecule has 1 aromatic heterocycles. The van der Waals surface area contributed by atoms with Gasteiger partial charge in [0, 0.05) is 24.7 Å². The number of rotatable bonds is 7. The molecule has 11 heteroatoms. The van der Waals surface area contributed by atoms with Gasteiger partial charge in [0.1, 0.15) is 5.82 Å². The Bertz CT molecular complexity index is 1460. The van der Waals surface area contributed by atoms with Crippen LogP contribution in [0.1, 0.15) is 43.4 Å². The van der Waals surface area contributed by atoms with Crippen molar-refractivity contribution in [3.05, 3.63) is 64.2 Å². The maximum atomic E-state index is 12.6. The van der Waals surface area contributed by atoms with Gasteiger partial charge < -0.3 is 10.1 Å². The second-order valence-electron chi connectivity index (χ2n) is 8.66. The average molecular weight is 499 g/mol. The topological polar surface area (TPSA) is 136 Å². The number of anilines is 1. The van der Waals surface area contributed by atoms with Crippen LogP contribution in [-0.2, 0) is 32.5 Å². The van der Waals surface area contributed by atoms with Gasteiger partial charge in [0.2, 0.25) is 10.0 Å². The van der Waals surface area contributed by atoms with E-state index in [1.807, 2.05) is 0 Å². The minimum atomic E-state index is -3.65. The summed E-state index contributed by atoms with van der Waals surface area (Å²) < 4.78 is 33.9. The molecule has 4 rings (SSSR count). The lowest BCUT2D eigenvalue weighted by molar-refractivity contribution is -0.123. The van der Waals surface area contributed by atoms with Gasteiger partial charge in [-0.3, -0.25) is 14.2 Å². The molecular weight excluding hydrogens is 472 g/mol. The SMILES string of the molecule is CC(C)NS(=O)(=O)c1ccc(NC(=O)[C@H](C)OC(=O)c2ccc3c(=O)n4c(nc3c2)CCC4)cc1. The van der Waals surface area contributed by atoms with Crippen molar-refractivity contribution < 1.29 is 22.7 Å². The summed E-state index contributed by atoms with van der Waals surface area (Å²) >= 11 is 0. The Labute approximate surface area is 202 Å². The van der Waals surface area contributed by atoms with Crippen LogP contribution in [0.2, 0.25) is 0 Å². The van der Waals surface area contributed by atoms with E-state index in [-0.39, 0.29) is 22.1 Å². The monoisotopic (exact) mass is 498 g/mol. The number of sulfonamides is 1. The number of nitrogens with zero attached hydrogens (tertiary/aromatic N) is 2. The van der Waals surface area contributed by atoms with Gasteiger partial charge in [-0.25, -0.2) is 22.9 Å². The Kier molecular flexibility index (Phi) is 6.73. The number of nitrogens with one attached hydrogen (secondary N) is 2. The van der Waals surface area contributed by atoms with Gasteiger partial charge in [0.25, 0.3) is 11.5 Å². The van der Waals surface area contributed by atoms with Crippen LogP contribution < -0.4 is 15.6 Å². The number of amides is 1. The molecule has 184 valence electrons. The predicted molar refractivity (Wildman–Crippen MR) is 130 cm³/mol. The van der Waals surface area contributed by atoms with Gasteiger partial charge >= 0.3 is 5.97 Å². The molecule has 1 amide bonds. The fourth-order valence-corrected chi connectivity index (χ4v) is 5.08. The second kappa shape index (κ2) is 9.59. The fourth-order valence-electron chi connectivity index (χ4n) is 3.83. The molecule has 0 aliphatic carbocycles. The number of fused-ring (bicyclic) bond motifs is 2. The van der Waals surface area contributed by atoms with E-state index in [1.54, 1.807) is 24.5 Å². The number of benzene rings is 2. The van der Waals surface area contributed by atoms with Crippen molar-refractivity contribution >= 4 is 38.5 Å². The van der Waals surface area contributed by atoms with Crippen molar-refractivity contribution in [3.63, 3.8) is 0 Å². The highest BCUT2D eigenvalue weighted by Crippen LogP contribution is 2.18. The molecule has 0 saturated heterocycles. The molecule has 2 N–H and O–H groups in total. The van der Waals surface area contributed by atoms with E-state index in [1.165, 1.54) is 43.3 Å². The summed E-state index contributed by atoms with van der Waals surface area (Å²) in [5, 5.41) is 3.02. The predicted octanol–water partition coefficient (Wildman–Crippen LogP) is 2.21. The van der Waals surface area contributed by atoms with Crippen LogP contribution in [0.25, 0.3) is 10.9 Å². The fraction of sp³-hybridized carbons (Fsp3) is 0.333. The molecule has 0 unspecified atom stereocenters. The van der Waals surface area contributed by atoms with Crippen molar-refractivity contribution in [2.45, 2.75) is 57.2 Å². The van der Waals surface area contributed by atoms with Crippen LogP contribution in [0.5, 0.6) is 0 Å². The summed E-state index contributed by atoms with van der Waals surface area (Å²) in [6.07, 6.45) is 0.439. The standard InChI is InChI=1S/C24H26N4O6S/c1-14(2)27-35(32,33)18-9-7-17(8-10-18)25-22(29)15(3)34-24(31)16-6-11-19-20(13-16)26-21-5-4-12-28(21)23(19)30/h6-11,13-15,27H,4-5,12H2,1-3H3,(H,25,29)/t15-/m0/s1. The number of hydrogen-bond acceptors (Lipinski definition) is 7. The molecule has 35 heavy (non-hydrogen) atoms. The lowest BCUT2D eigenvalue weighted by Gasteiger charge is -2.14. The lowest BCUT2D eigenvalue weighted by atomic mass is 10.1. The van der Waals surface area contributed by atoms with Crippen molar-refractivity contribution in [2.24, 2.45) is 0 Å². The minimum absolute atomic E-state index is 0.0684. The number of aryl methyl sites for hydroxylation is 1. The normalized spacial score (nSPS) is 14.1. The Hall–Kier alpha value is -3.57. The number of hydrogen-bond donors (Lipinski definition) is 2. The highest BCUT2D eigenvalue weighted by atomic mass is 32.2. The first-order chi connectivity index (χ1) is 16.5. The van der Waals surface area contributed by atoms with E-state index in [0.717, 1.165) is 6.42 Å². The molecule has 0 fully saturated rings. The third-order valence-corrected chi connectivity index (χ3v) is 7.20. The van der Waals surface area contributed by atoms with Crippen molar-refractivity contribution in [3.8, 4) is 0 Å². The number of carbonyl (C=O) groups excluding carboxylic acids is 2. The first kappa shape index (κ1) is 24.6. The van der Waals surface area contributed by atoms with E-state index in [2.05, 4.69) is 15.0 Å². The summed E-state index contributed by atoms with van der Waals surface area (Å²) in [4.78, 5) is 42.3. The van der Waals surface area contributed by atoms with E-state index in [4.69, 9.17) is 4.74 Å². The van der Waals surface area contributed by atoms with Gasteiger partial charge in [-0.15, -0.1) is 0 Å². The molecule has 1 aliphatic heterocycles. The minimum Gasteiger partial charge on any atom is -0.449 e. The van der Waals surface area contributed by atoms with Crippen LogP contribution in [-0.4, -0.2) is 42.0 Å². The van der Waals surface area contributed by atoms with Crippen LogP contribution in [0.3, 0.4) is 0 Å². The van der Waals surface area contributed by atoms with Gasteiger partial charge in [0.15, 0.2) is 6.10 Å². The zero-order valence-electron chi connectivity index (χ0n) is 19.6. The summed E-state index contributed by atoms with van der Waals surface area (Å²) in [5.74, 6) is -0.609. The highest BCUT2D eigenvalue weighted by molar-refractivity contribution is 7.89. The summed E-state index contributed by atoms with van der Waals surface area (Å²) in [5.41, 5.74) is 0.815. The summed E-state index contributed by atoms with van der Waals surface area (Å²) in [6, 6.07) is 9.91. The van der Waals surface area contributed by atoms with Gasteiger partial charge in [-0.2, -0.15) is 0 Å². The molecule has 0 radical (unpaired) electrons. The smallest absolute Gasteiger partial charge is 0.338 e. The molecule has 1 atom stereocenters. The van der Waals surface area contributed by atoms with Crippen LogP contribution in [0.15, 0.2) is 52.2 Å². The van der Waals surface area contributed by atoms with E-state index < -0.39 is 28.0 Å². The Morgan fingerprint density at radius 1 is 1.09 bits per heavy atom. The molecule has 2 heterocycles. The maximum absolute atomic E-state index is 12.6. The van der Waals surface area contributed by atoms with E-state index in [9.17, 15) is 22.8 Å². The van der Waals surface area contributed by atoms with Crippen LogP contribution >= 0.6 is 0 Å². The first-order valence-electron chi connectivity index (χ1n) is 11.2. The summed E-state index contributed by atoms with van der Waals surface area (Å²) in [7, 11) is -3.65. The maximum Gasteiger partial charge on any atom is 0.338 e. The number of aromatic nitrogens is 2. The van der Waals surface area contributed by atoms with Crippen LogP contribution in [0, 0.1) is 0 Å². The Balaban J connectivity index is 1.42. The third-order valence-electron chi connectivity index (χ3n) is 5.53. The first-order valence-corrected chi connectivity index (χ1v) is 12.7. The molecular formula is C24H26N4O6S. The van der Waals surface area contributed by atoms with Gasteiger partial charge in [-0.1, -0.05) is 0 Å². The average Bonchev–Trinajstić information content (AvgIpc) is 3.27. The molecule has 0 spiro atoms. The van der Waals surface area contributed by atoms with Crippen molar-refractivity contribution in [1.29, 1.82) is 0 Å². The molecule has 3 aromatic rings. The largest absolute Gasteiger partial charge is 0.449 e. The highest BCUT2D eigenvalue weighted by Gasteiger charge is 2.22. The van der Waals surface area contributed by atoms with Crippen molar-refractivity contribution in [2.75, 3.05) is 5.32 Å². The Morgan fingerprint density at radius 2 is 1.80 bits per heavy atom.